The lowest BCUT2D eigenvalue weighted by Gasteiger charge is -2.10. The van der Waals surface area contributed by atoms with E-state index in [1.165, 1.54) is 27.6 Å². The highest BCUT2D eigenvalue weighted by molar-refractivity contribution is 5.85. The lowest BCUT2D eigenvalue weighted by atomic mass is 10.1. The molecule has 1 saturated heterocycles. The second kappa shape index (κ2) is 8.61. The molecule has 1 atom stereocenters. The van der Waals surface area contributed by atoms with E-state index in [1.807, 2.05) is 0 Å². The Hall–Kier alpha value is -2.59. The monoisotopic (exact) mass is 376 g/mol. The lowest BCUT2D eigenvalue weighted by Crippen LogP contribution is -2.31. The van der Waals surface area contributed by atoms with E-state index in [2.05, 4.69) is 71.5 Å². The largest absolute Gasteiger partial charge is 0.376 e. The molecule has 28 heavy (non-hydrogen) atoms. The van der Waals surface area contributed by atoms with Crippen LogP contribution < -0.4 is 5.32 Å². The maximum atomic E-state index is 12.3. The van der Waals surface area contributed by atoms with E-state index in [0.29, 0.717) is 13.0 Å². The van der Waals surface area contributed by atoms with Gasteiger partial charge in [0.2, 0.25) is 5.91 Å². The molecule has 0 radical (unpaired) electrons. The van der Waals surface area contributed by atoms with Crippen LogP contribution in [0, 0.1) is 6.92 Å². The minimum Gasteiger partial charge on any atom is -0.376 e. The summed E-state index contributed by atoms with van der Waals surface area (Å²) in [6, 6.07) is 17.0. The second-order valence-electron chi connectivity index (χ2n) is 7.66. The van der Waals surface area contributed by atoms with Crippen LogP contribution in [-0.2, 0) is 22.5 Å². The highest BCUT2D eigenvalue weighted by atomic mass is 16.5. The van der Waals surface area contributed by atoms with E-state index < -0.39 is 0 Å². The highest BCUT2D eigenvalue weighted by Gasteiger charge is 2.16. The summed E-state index contributed by atoms with van der Waals surface area (Å²) in [5.74, 6) is 0.103. The van der Waals surface area contributed by atoms with Crippen LogP contribution in [0.2, 0.25) is 0 Å². The van der Waals surface area contributed by atoms with Crippen molar-refractivity contribution in [3.63, 3.8) is 0 Å². The molecule has 4 nitrogen and oxygen atoms in total. The normalized spacial score (nSPS) is 16.5. The number of fused-ring (bicyclic) bond motifs is 1. The van der Waals surface area contributed by atoms with Gasteiger partial charge in [0, 0.05) is 43.2 Å². The third-order valence-corrected chi connectivity index (χ3v) is 5.65. The minimum atomic E-state index is 0.103. The van der Waals surface area contributed by atoms with Crippen molar-refractivity contribution in [1.82, 2.24) is 9.88 Å². The molecule has 146 valence electrons. The Balaban J connectivity index is 1.45. The van der Waals surface area contributed by atoms with Gasteiger partial charge in [-0.2, -0.15) is 0 Å². The van der Waals surface area contributed by atoms with Crippen LogP contribution in [0.3, 0.4) is 0 Å². The van der Waals surface area contributed by atoms with E-state index in [4.69, 9.17) is 4.74 Å². The van der Waals surface area contributed by atoms with Crippen molar-refractivity contribution in [2.75, 3.05) is 13.2 Å². The van der Waals surface area contributed by atoms with Crippen molar-refractivity contribution in [2.45, 2.75) is 45.3 Å². The van der Waals surface area contributed by atoms with Gasteiger partial charge in [0.15, 0.2) is 0 Å². The summed E-state index contributed by atoms with van der Waals surface area (Å²) in [7, 11) is 0. The Morgan fingerprint density at radius 1 is 1.14 bits per heavy atom. The van der Waals surface area contributed by atoms with Crippen molar-refractivity contribution in [2.24, 2.45) is 0 Å². The molecule has 1 unspecified atom stereocenters. The summed E-state index contributed by atoms with van der Waals surface area (Å²) in [4.78, 5) is 12.3. The zero-order chi connectivity index (χ0) is 19.3. The predicted molar refractivity (Wildman–Crippen MR) is 113 cm³/mol. The van der Waals surface area contributed by atoms with E-state index in [0.717, 1.165) is 32.4 Å². The number of hydrogen-bond donors (Lipinski definition) is 1. The summed E-state index contributed by atoms with van der Waals surface area (Å²) >= 11 is 0. The van der Waals surface area contributed by atoms with Crippen LogP contribution in [-0.4, -0.2) is 29.7 Å². The average molecular weight is 377 g/mol. The summed E-state index contributed by atoms with van der Waals surface area (Å²) < 4.78 is 7.88. The first-order valence-electron chi connectivity index (χ1n) is 10.2. The predicted octanol–water partition coefficient (Wildman–Crippen LogP) is 4.23. The number of benzene rings is 2. The maximum absolute atomic E-state index is 12.3. The molecule has 4 rings (SSSR count). The Morgan fingerprint density at radius 3 is 2.79 bits per heavy atom. The lowest BCUT2D eigenvalue weighted by molar-refractivity contribution is -0.121. The average Bonchev–Trinajstić information content (AvgIpc) is 3.35. The van der Waals surface area contributed by atoms with Gasteiger partial charge >= 0.3 is 0 Å². The van der Waals surface area contributed by atoms with Gasteiger partial charge in [0.25, 0.3) is 0 Å². The molecule has 1 fully saturated rings. The van der Waals surface area contributed by atoms with Gasteiger partial charge in [-0.25, -0.2) is 0 Å². The van der Waals surface area contributed by atoms with E-state index in [9.17, 15) is 4.79 Å². The topological polar surface area (TPSA) is 43.3 Å². The Labute approximate surface area is 166 Å². The van der Waals surface area contributed by atoms with Crippen LogP contribution in [0.1, 0.15) is 36.0 Å². The van der Waals surface area contributed by atoms with Gasteiger partial charge in [-0.3, -0.25) is 4.79 Å². The van der Waals surface area contributed by atoms with Crippen LogP contribution in [0.15, 0.2) is 54.7 Å². The molecule has 0 aliphatic carbocycles. The first-order valence-corrected chi connectivity index (χ1v) is 10.2. The van der Waals surface area contributed by atoms with Gasteiger partial charge in [0.1, 0.15) is 0 Å². The summed E-state index contributed by atoms with van der Waals surface area (Å²) in [5, 5.41) is 4.27. The van der Waals surface area contributed by atoms with Gasteiger partial charge < -0.3 is 14.6 Å². The van der Waals surface area contributed by atoms with Gasteiger partial charge in [0.05, 0.1) is 6.10 Å². The Morgan fingerprint density at radius 2 is 1.96 bits per heavy atom. The number of carbonyl (C=O) groups is 1. The van der Waals surface area contributed by atoms with E-state index >= 15 is 0 Å². The summed E-state index contributed by atoms with van der Waals surface area (Å²) in [5.41, 5.74) is 5.08. The van der Waals surface area contributed by atoms with Crippen molar-refractivity contribution >= 4 is 16.8 Å². The molecule has 2 aromatic carbocycles. The molecule has 1 N–H and O–H groups in total. The summed E-state index contributed by atoms with van der Waals surface area (Å²) in [6.07, 6.45) is 5.81. The molecule has 0 bridgehead atoms. The molecule has 4 heteroatoms. The van der Waals surface area contributed by atoms with Crippen LogP contribution in [0.4, 0.5) is 0 Å². The number of nitrogens with one attached hydrogen (secondary N) is 1. The van der Waals surface area contributed by atoms with Crippen LogP contribution >= 0.6 is 0 Å². The van der Waals surface area contributed by atoms with Crippen molar-refractivity contribution in [3.05, 3.63) is 71.4 Å². The fourth-order valence-corrected chi connectivity index (χ4v) is 3.99. The SMILES string of the molecule is Cc1ccccc1Cn1cc(CCC(=O)NCC2CCCO2)c2ccccc21. The zero-order valence-electron chi connectivity index (χ0n) is 16.5. The number of hydrogen-bond acceptors (Lipinski definition) is 2. The Bertz CT molecular complexity index is 954. The number of carbonyl (C=O) groups excluding carboxylic acids is 1. The number of aromatic nitrogens is 1. The van der Waals surface area contributed by atoms with Crippen LogP contribution in [0.25, 0.3) is 10.9 Å². The highest BCUT2D eigenvalue weighted by Crippen LogP contribution is 2.24. The second-order valence-corrected chi connectivity index (χ2v) is 7.66. The van der Waals surface area contributed by atoms with Crippen LogP contribution in [0.5, 0.6) is 0 Å². The number of ether oxygens (including phenoxy) is 1. The molecule has 1 aromatic heterocycles. The number of para-hydroxylation sites is 1. The number of amides is 1. The standard InChI is InChI=1S/C24H28N2O2/c1-18-7-2-3-8-19(18)16-26-17-20(22-10-4-5-11-23(22)26)12-13-24(27)25-15-21-9-6-14-28-21/h2-5,7-8,10-11,17,21H,6,9,12-16H2,1H3,(H,25,27). The minimum absolute atomic E-state index is 0.103. The molecular formula is C24H28N2O2. The Kier molecular flexibility index (Phi) is 5.77. The van der Waals surface area contributed by atoms with Crippen molar-refractivity contribution < 1.29 is 9.53 Å². The van der Waals surface area contributed by atoms with Crippen molar-refractivity contribution in [3.8, 4) is 0 Å². The number of rotatable bonds is 7. The smallest absolute Gasteiger partial charge is 0.220 e. The van der Waals surface area contributed by atoms with Gasteiger partial charge in [-0.1, -0.05) is 42.5 Å². The van der Waals surface area contributed by atoms with E-state index in [-0.39, 0.29) is 12.0 Å². The third-order valence-electron chi connectivity index (χ3n) is 5.65. The third kappa shape index (κ3) is 4.28. The number of nitrogens with zero attached hydrogens (tertiary/aromatic N) is 1. The maximum Gasteiger partial charge on any atom is 0.220 e. The van der Waals surface area contributed by atoms with Gasteiger partial charge in [-0.05, 0) is 48.9 Å². The molecule has 2 heterocycles. The molecule has 1 aliphatic heterocycles. The number of aryl methyl sites for hydroxylation is 2. The first kappa shape index (κ1) is 18.8. The van der Waals surface area contributed by atoms with E-state index in [1.54, 1.807) is 0 Å². The first-order chi connectivity index (χ1) is 13.7. The fraction of sp³-hybridized carbons (Fsp3) is 0.375. The molecule has 0 saturated carbocycles. The molecule has 0 spiro atoms. The molecule has 1 aliphatic rings. The van der Waals surface area contributed by atoms with Gasteiger partial charge in [-0.15, -0.1) is 0 Å². The summed E-state index contributed by atoms with van der Waals surface area (Å²) in [6.45, 7) is 4.45. The fourth-order valence-electron chi connectivity index (χ4n) is 3.99. The molecular weight excluding hydrogens is 348 g/mol. The quantitative estimate of drug-likeness (QED) is 0.671. The van der Waals surface area contributed by atoms with Crippen molar-refractivity contribution in [1.29, 1.82) is 0 Å². The molecule has 3 aromatic rings. The zero-order valence-corrected chi connectivity index (χ0v) is 16.5. The molecule has 1 amide bonds.